The molecule has 2 aromatic rings. The Labute approximate surface area is 143 Å². The summed E-state index contributed by atoms with van der Waals surface area (Å²) in [6.45, 7) is 5.09. The number of ether oxygens (including phenoxy) is 2. The molecule has 1 aliphatic heterocycles. The quantitative estimate of drug-likeness (QED) is 0.868. The van der Waals surface area contributed by atoms with E-state index in [2.05, 4.69) is 17.0 Å². The number of hydrogen-bond acceptors (Lipinski definition) is 4. The van der Waals surface area contributed by atoms with Crippen LogP contribution in [0.5, 0.6) is 17.2 Å². The van der Waals surface area contributed by atoms with E-state index in [1.165, 1.54) is 16.2 Å². The molecule has 0 radical (unpaired) electrons. The summed E-state index contributed by atoms with van der Waals surface area (Å²) in [7, 11) is 3.30. The van der Waals surface area contributed by atoms with E-state index in [4.69, 9.17) is 9.47 Å². The van der Waals surface area contributed by atoms with Gasteiger partial charge in [0.2, 0.25) is 0 Å². The summed E-state index contributed by atoms with van der Waals surface area (Å²) >= 11 is 0. The molecule has 0 amide bonds. The number of phenolic OH excluding ortho intramolecular Hbond substituents is 1. The van der Waals surface area contributed by atoms with E-state index < -0.39 is 0 Å². The normalized spacial score (nSPS) is 15.3. The molecule has 0 aromatic heterocycles. The molecule has 24 heavy (non-hydrogen) atoms. The zero-order valence-corrected chi connectivity index (χ0v) is 14.3. The Morgan fingerprint density at radius 1 is 1.00 bits per heavy atom. The number of quaternary nitrogens is 1. The standard InChI is InChI=1S/C19H24N2O3/c1-23-18-6-4-3-5-16(18)21-11-9-20(10-12-21)14-15-7-8-17(22)19(13-15)24-2/h3-8,13,22H,9-12,14H2,1-2H3/p+1. The van der Waals surface area contributed by atoms with Gasteiger partial charge in [0.15, 0.2) is 11.5 Å². The van der Waals surface area contributed by atoms with Crippen LogP contribution < -0.4 is 19.3 Å². The third-order valence-electron chi connectivity index (χ3n) is 4.59. The average molecular weight is 329 g/mol. The third kappa shape index (κ3) is 3.57. The zero-order valence-electron chi connectivity index (χ0n) is 14.3. The number of phenols is 1. The van der Waals surface area contributed by atoms with Gasteiger partial charge in [-0.1, -0.05) is 12.1 Å². The van der Waals surface area contributed by atoms with Gasteiger partial charge < -0.3 is 24.4 Å². The van der Waals surface area contributed by atoms with E-state index in [0.717, 1.165) is 38.5 Å². The molecule has 5 nitrogen and oxygen atoms in total. The van der Waals surface area contributed by atoms with Crippen LogP contribution in [0.3, 0.4) is 0 Å². The lowest BCUT2D eigenvalue weighted by Gasteiger charge is -2.34. The van der Waals surface area contributed by atoms with Crippen LogP contribution in [-0.4, -0.2) is 45.5 Å². The van der Waals surface area contributed by atoms with Crippen molar-refractivity contribution in [2.24, 2.45) is 0 Å². The van der Waals surface area contributed by atoms with Crippen molar-refractivity contribution < 1.29 is 19.5 Å². The van der Waals surface area contributed by atoms with Gasteiger partial charge in [0, 0.05) is 5.56 Å². The number of benzene rings is 2. The number of nitrogens with one attached hydrogen (secondary N) is 1. The van der Waals surface area contributed by atoms with Gasteiger partial charge >= 0.3 is 0 Å². The molecule has 1 aliphatic rings. The lowest BCUT2D eigenvalue weighted by atomic mass is 10.1. The van der Waals surface area contributed by atoms with E-state index in [0.29, 0.717) is 5.75 Å². The molecule has 128 valence electrons. The van der Waals surface area contributed by atoms with Crippen LogP contribution in [-0.2, 0) is 6.54 Å². The van der Waals surface area contributed by atoms with Crippen molar-refractivity contribution in [1.82, 2.24) is 0 Å². The Morgan fingerprint density at radius 3 is 2.42 bits per heavy atom. The fraction of sp³-hybridized carbons (Fsp3) is 0.368. The Bertz CT molecular complexity index is 682. The first-order valence-corrected chi connectivity index (χ1v) is 8.28. The first-order chi connectivity index (χ1) is 11.7. The van der Waals surface area contributed by atoms with Gasteiger partial charge in [0.25, 0.3) is 0 Å². The van der Waals surface area contributed by atoms with Gasteiger partial charge in [0.05, 0.1) is 46.1 Å². The highest BCUT2D eigenvalue weighted by atomic mass is 16.5. The maximum absolute atomic E-state index is 9.70. The van der Waals surface area contributed by atoms with Crippen molar-refractivity contribution >= 4 is 5.69 Å². The lowest BCUT2D eigenvalue weighted by Crippen LogP contribution is -3.13. The van der Waals surface area contributed by atoms with E-state index in [1.54, 1.807) is 20.3 Å². The average Bonchev–Trinajstić information content (AvgIpc) is 2.64. The predicted molar refractivity (Wildman–Crippen MR) is 94.3 cm³/mol. The second-order valence-corrected chi connectivity index (χ2v) is 6.09. The summed E-state index contributed by atoms with van der Waals surface area (Å²) in [4.78, 5) is 3.92. The van der Waals surface area contributed by atoms with E-state index in [9.17, 15) is 5.11 Å². The predicted octanol–water partition coefficient (Wildman–Crippen LogP) is 1.31. The van der Waals surface area contributed by atoms with Crippen LogP contribution in [0.15, 0.2) is 42.5 Å². The van der Waals surface area contributed by atoms with Crippen molar-refractivity contribution in [3.8, 4) is 17.2 Å². The first kappa shape index (κ1) is 16.5. The van der Waals surface area contributed by atoms with Crippen LogP contribution in [0, 0.1) is 0 Å². The molecular weight excluding hydrogens is 304 g/mol. The molecule has 1 saturated heterocycles. The number of rotatable bonds is 5. The second-order valence-electron chi connectivity index (χ2n) is 6.09. The molecule has 0 bridgehead atoms. The second kappa shape index (κ2) is 7.45. The molecule has 0 saturated carbocycles. The third-order valence-corrected chi connectivity index (χ3v) is 4.59. The summed E-state index contributed by atoms with van der Waals surface area (Å²) in [5.41, 5.74) is 2.36. The number of para-hydroxylation sites is 2. The smallest absolute Gasteiger partial charge is 0.160 e. The largest absolute Gasteiger partial charge is 0.504 e. The molecule has 3 rings (SSSR count). The summed E-state index contributed by atoms with van der Waals surface area (Å²) in [5.74, 6) is 1.67. The molecule has 5 heteroatoms. The Morgan fingerprint density at radius 2 is 1.71 bits per heavy atom. The monoisotopic (exact) mass is 329 g/mol. The number of methoxy groups -OCH3 is 2. The minimum atomic E-state index is 0.192. The van der Waals surface area contributed by atoms with Gasteiger partial charge in [-0.25, -0.2) is 0 Å². The van der Waals surface area contributed by atoms with E-state index >= 15 is 0 Å². The first-order valence-electron chi connectivity index (χ1n) is 8.28. The SMILES string of the molecule is COc1cc(C[NH+]2CCN(c3ccccc3OC)CC2)ccc1O. The van der Waals surface area contributed by atoms with Crippen molar-refractivity contribution in [3.05, 3.63) is 48.0 Å². The highest BCUT2D eigenvalue weighted by Gasteiger charge is 2.22. The molecule has 2 aromatic carbocycles. The molecular formula is C19H25N2O3+. The molecule has 0 atom stereocenters. The van der Waals surface area contributed by atoms with E-state index in [-0.39, 0.29) is 5.75 Å². The maximum atomic E-state index is 9.70. The molecule has 0 unspecified atom stereocenters. The van der Waals surface area contributed by atoms with Gasteiger partial charge in [-0.2, -0.15) is 0 Å². The van der Waals surface area contributed by atoms with Gasteiger partial charge in [-0.3, -0.25) is 0 Å². The highest BCUT2D eigenvalue weighted by molar-refractivity contribution is 5.58. The Hall–Kier alpha value is -2.40. The molecule has 1 fully saturated rings. The number of nitrogens with zero attached hydrogens (tertiary/aromatic N) is 1. The van der Waals surface area contributed by atoms with Gasteiger partial charge in [0.1, 0.15) is 12.3 Å². The summed E-state index contributed by atoms with van der Waals surface area (Å²) < 4.78 is 10.7. The van der Waals surface area contributed by atoms with Crippen LogP contribution in [0.4, 0.5) is 5.69 Å². The highest BCUT2D eigenvalue weighted by Crippen LogP contribution is 2.28. The van der Waals surface area contributed by atoms with Crippen molar-refractivity contribution in [3.63, 3.8) is 0 Å². The van der Waals surface area contributed by atoms with Crippen molar-refractivity contribution in [1.29, 1.82) is 0 Å². The van der Waals surface area contributed by atoms with Gasteiger partial charge in [-0.15, -0.1) is 0 Å². The summed E-state index contributed by atoms with van der Waals surface area (Å²) in [6, 6.07) is 13.8. The van der Waals surface area contributed by atoms with Crippen LogP contribution in [0.2, 0.25) is 0 Å². The number of hydrogen-bond donors (Lipinski definition) is 2. The lowest BCUT2D eigenvalue weighted by molar-refractivity contribution is -0.914. The summed E-state index contributed by atoms with van der Waals surface area (Å²) in [6.07, 6.45) is 0. The van der Waals surface area contributed by atoms with Gasteiger partial charge in [-0.05, 0) is 30.3 Å². The minimum Gasteiger partial charge on any atom is -0.504 e. The summed E-state index contributed by atoms with van der Waals surface area (Å²) in [5, 5.41) is 9.70. The number of anilines is 1. The number of aromatic hydroxyl groups is 1. The van der Waals surface area contributed by atoms with Crippen LogP contribution in [0.1, 0.15) is 5.56 Å². The van der Waals surface area contributed by atoms with Crippen molar-refractivity contribution in [2.75, 3.05) is 45.3 Å². The Kier molecular flexibility index (Phi) is 5.11. The molecule has 2 N–H and O–H groups in total. The fourth-order valence-corrected chi connectivity index (χ4v) is 3.25. The van der Waals surface area contributed by atoms with Crippen LogP contribution in [0.25, 0.3) is 0 Å². The Balaban J connectivity index is 1.61. The van der Waals surface area contributed by atoms with Crippen molar-refractivity contribution in [2.45, 2.75) is 6.54 Å². The molecule has 1 heterocycles. The maximum Gasteiger partial charge on any atom is 0.160 e. The zero-order chi connectivity index (χ0) is 16.9. The number of piperazine rings is 1. The minimum absolute atomic E-state index is 0.192. The van der Waals surface area contributed by atoms with E-state index in [1.807, 2.05) is 24.3 Å². The molecule has 0 aliphatic carbocycles. The molecule has 0 spiro atoms. The fourth-order valence-electron chi connectivity index (χ4n) is 3.25. The van der Waals surface area contributed by atoms with Crippen LogP contribution >= 0.6 is 0 Å². The topological polar surface area (TPSA) is 46.4 Å².